The van der Waals surface area contributed by atoms with E-state index in [2.05, 4.69) is 37.4 Å². The number of aryl methyl sites for hydroxylation is 2. The highest BCUT2D eigenvalue weighted by molar-refractivity contribution is 5.73. The van der Waals surface area contributed by atoms with Crippen molar-refractivity contribution in [3.8, 4) is 0 Å². The summed E-state index contributed by atoms with van der Waals surface area (Å²) in [6.07, 6.45) is 7.74. The van der Waals surface area contributed by atoms with Gasteiger partial charge in [-0.2, -0.15) is 0 Å². The molecule has 4 heteroatoms. The van der Waals surface area contributed by atoms with Crippen LogP contribution in [0.3, 0.4) is 0 Å². The largest absolute Gasteiger partial charge is 0.329 e. The summed E-state index contributed by atoms with van der Waals surface area (Å²) in [7, 11) is 0. The monoisotopic (exact) mass is 372 g/mol. The standard InChI is InChI=1S/C23H37N3O/c1-3-18-6-5-17(15-19(18)4-2)16-22(24)23(27)26-13-9-21(10-14-26)20-7-11-25-12-8-20/h5-6,15,20-22,25H,3-4,7-14,16,24H2,1-2H3/p+1/t22-/m1/s1. The maximum absolute atomic E-state index is 12.9. The van der Waals surface area contributed by atoms with Crippen LogP contribution < -0.4 is 16.0 Å². The second-order valence-corrected chi connectivity index (χ2v) is 8.51. The zero-order valence-corrected chi connectivity index (χ0v) is 17.2. The van der Waals surface area contributed by atoms with E-state index in [1.807, 2.05) is 0 Å². The summed E-state index contributed by atoms with van der Waals surface area (Å²) in [5.74, 6) is 1.89. The Labute approximate surface area is 164 Å². The third-order valence-electron chi connectivity index (χ3n) is 6.86. The Morgan fingerprint density at radius 2 is 1.70 bits per heavy atom. The van der Waals surface area contributed by atoms with E-state index in [-0.39, 0.29) is 11.9 Å². The van der Waals surface area contributed by atoms with E-state index >= 15 is 0 Å². The molecule has 2 saturated heterocycles. The van der Waals surface area contributed by atoms with Crippen LogP contribution in [0, 0.1) is 11.8 Å². The minimum Gasteiger partial charge on any atom is -0.317 e. The van der Waals surface area contributed by atoms with Crippen LogP contribution in [0.2, 0.25) is 0 Å². The number of hydrogen-bond acceptors (Lipinski definition) is 3. The molecule has 4 N–H and O–H groups in total. The van der Waals surface area contributed by atoms with Crippen molar-refractivity contribution in [1.29, 1.82) is 0 Å². The second kappa shape index (κ2) is 9.81. The second-order valence-electron chi connectivity index (χ2n) is 8.51. The molecule has 0 bridgehead atoms. The van der Waals surface area contributed by atoms with Crippen molar-refractivity contribution < 1.29 is 9.69 Å². The van der Waals surface area contributed by atoms with E-state index in [0.717, 1.165) is 55.8 Å². The topological polar surface area (TPSA) is 59.6 Å². The van der Waals surface area contributed by atoms with Crippen molar-refractivity contribution in [3.05, 3.63) is 34.9 Å². The van der Waals surface area contributed by atoms with Crippen LogP contribution in [-0.4, -0.2) is 38.1 Å². The molecule has 2 heterocycles. The number of carbonyl (C=O) groups is 1. The van der Waals surface area contributed by atoms with Gasteiger partial charge >= 0.3 is 5.91 Å². The Hall–Kier alpha value is -1.23. The molecular formula is C23H38N3O+. The minimum atomic E-state index is -0.382. The molecule has 1 atom stereocenters. The zero-order valence-electron chi connectivity index (χ0n) is 17.2. The molecule has 2 aliphatic heterocycles. The molecule has 2 aliphatic rings. The van der Waals surface area contributed by atoms with E-state index in [0.29, 0.717) is 6.42 Å². The predicted molar refractivity (Wildman–Crippen MR) is 111 cm³/mol. The molecule has 4 nitrogen and oxygen atoms in total. The van der Waals surface area contributed by atoms with E-state index < -0.39 is 0 Å². The lowest BCUT2D eigenvalue weighted by molar-refractivity contribution is -0.828. The van der Waals surface area contributed by atoms with Crippen LogP contribution in [0.5, 0.6) is 0 Å². The van der Waals surface area contributed by atoms with Gasteiger partial charge in [-0.15, -0.1) is 0 Å². The summed E-state index contributed by atoms with van der Waals surface area (Å²) in [5, 5.41) is 3.46. The fraction of sp³-hybridized carbons (Fsp3) is 0.696. The highest BCUT2D eigenvalue weighted by atomic mass is 16.2. The first-order chi connectivity index (χ1) is 13.1. The Balaban J connectivity index is 1.52. The maximum Gasteiger partial charge on any atom is 0.329 e. The van der Waals surface area contributed by atoms with Gasteiger partial charge in [-0.3, -0.25) is 4.90 Å². The summed E-state index contributed by atoms with van der Waals surface area (Å²) >= 11 is 0. The summed E-state index contributed by atoms with van der Waals surface area (Å²) in [5.41, 5.74) is 10.3. The van der Waals surface area contributed by atoms with Crippen LogP contribution in [-0.2, 0) is 24.1 Å². The zero-order chi connectivity index (χ0) is 19.2. The molecule has 150 valence electrons. The molecule has 27 heavy (non-hydrogen) atoms. The van der Waals surface area contributed by atoms with E-state index in [9.17, 15) is 4.79 Å². The molecule has 0 saturated carbocycles. The van der Waals surface area contributed by atoms with Gasteiger partial charge in [0.1, 0.15) is 6.04 Å². The lowest BCUT2D eigenvalue weighted by Gasteiger charge is -2.35. The Morgan fingerprint density at radius 1 is 1.07 bits per heavy atom. The summed E-state index contributed by atoms with van der Waals surface area (Å²) in [4.78, 5) is 14.0. The lowest BCUT2D eigenvalue weighted by atomic mass is 9.79. The van der Waals surface area contributed by atoms with Gasteiger partial charge in [0.15, 0.2) is 0 Å². The molecule has 1 amide bonds. The van der Waals surface area contributed by atoms with Gasteiger partial charge in [-0.1, -0.05) is 32.0 Å². The van der Waals surface area contributed by atoms with Gasteiger partial charge in [0.2, 0.25) is 0 Å². The van der Waals surface area contributed by atoms with Crippen LogP contribution in [0.15, 0.2) is 18.2 Å². The number of rotatable bonds is 6. The molecule has 0 spiro atoms. The Morgan fingerprint density at radius 3 is 2.33 bits per heavy atom. The van der Waals surface area contributed by atoms with Crippen LogP contribution in [0.4, 0.5) is 0 Å². The van der Waals surface area contributed by atoms with E-state index in [1.165, 1.54) is 42.4 Å². The van der Waals surface area contributed by atoms with Crippen molar-refractivity contribution in [1.82, 2.24) is 5.32 Å². The highest BCUT2D eigenvalue weighted by Crippen LogP contribution is 2.27. The van der Waals surface area contributed by atoms with Crippen LogP contribution in [0.25, 0.3) is 0 Å². The van der Waals surface area contributed by atoms with Crippen molar-refractivity contribution in [2.24, 2.45) is 17.6 Å². The summed E-state index contributed by atoms with van der Waals surface area (Å²) < 4.78 is 0. The smallest absolute Gasteiger partial charge is 0.317 e. The highest BCUT2D eigenvalue weighted by Gasteiger charge is 2.34. The van der Waals surface area contributed by atoms with E-state index in [4.69, 9.17) is 5.73 Å². The fourth-order valence-electron chi connectivity index (χ4n) is 5.11. The van der Waals surface area contributed by atoms with Crippen LogP contribution in [0.1, 0.15) is 56.2 Å². The fourth-order valence-corrected chi connectivity index (χ4v) is 5.11. The predicted octanol–water partition coefficient (Wildman–Crippen LogP) is 1.50. The SMILES string of the molecule is CCc1ccc(C[C@@H](N)C(=O)[NH+]2CCC(C3CCNCC3)CC2)cc1CC. The first-order valence-corrected chi connectivity index (χ1v) is 11.1. The first kappa shape index (κ1) is 20.5. The van der Waals surface area contributed by atoms with Gasteiger partial charge in [0.05, 0.1) is 13.1 Å². The third-order valence-corrected chi connectivity index (χ3v) is 6.86. The van der Waals surface area contributed by atoms with Crippen molar-refractivity contribution in [2.45, 2.75) is 64.8 Å². The van der Waals surface area contributed by atoms with Gasteiger partial charge in [0, 0.05) is 19.3 Å². The molecule has 2 fully saturated rings. The Bertz CT molecular complexity index is 616. The van der Waals surface area contributed by atoms with Crippen molar-refractivity contribution >= 4 is 5.91 Å². The number of piperidine rings is 2. The normalized spacial score (nSPS) is 25.3. The minimum absolute atomic E-state index is 0.219. The molecule has 0 unspecified atom stereocenters. The average molecular weight is 373 g/mol. The molecule has 3 rings (SSSR count). The molecular weight excluding hydrogens is 334 g/mol. The average Bonchev–Trinajstić information content (AvgIpc) is 2.73. The van der Waals surface area contributed by atoms with Crippen molar-refractivity contribution in [3.63, 3.8) is 0 Å². The quantitative estimate of drug-likeness (QED) is 0.709. The molecule has 0 aliphatic carbocycles. The van der Waals surface area contributed by atoms with Gasteiger partial charge in [0.25, 0.3) is 0 Å². The number of nitrogens with one attached hydrogen (secondary N) is 2. The number of amides is 1. The van der Waals surface area contributed by atoms with Gasteiger partial charge in [-0.25, -0.2) is 4.79 Å². The molecule has 1 aromatic rings. The Kier molecular flexibility index (Phi) is 7.45. The number of quaternary nitrogens is 1. The van der Waals surface area contributed by atoms with Crippen molar-refractivity contribution in [2.75, 3.05) is 26.2 Å². The lowest BCUT2D eigenvalue weighted by Crippen LogP contribution is -3.17. The molecule has 0 radical (unpaired) electrons. The number of carbonyl (C=O) groups excluding carboxylic acids is 1. The summed E-state index contributed by atoms with van der Waals surface area (Å²) in [6.45, 7) is 8.66. The number of likely N-dealkylation sites (tertiary alicyclic amines) is 1. The van der Waals surface area contributed by atoms with Gasteiger partial charge in [-0.05, 0) is 67.3 Å². The number of benzene rings is 1. The van der Waals surface area contributed by atoms with Crippen LogP contribution >= 0.6 is 0 Å². The van der Waals surface area contributed by atoms with Gasteiger partial charge < -0.3 is 11.1 Å². The van der Waals surface area contributed by atoms with E-state index in [1.54, 1.807) is 0 Å². The number of hydrogen-bond donors (Lipinski definition) is 3. The maximum atomic E-state index is 12.9. The first-order valence-electron chi connectivity index (χ1n) is 11.1. The summed E-state index contributed by atoms with van der Waals surface area (Å²) in [6, 6.07) is 6.24. The molecule has 1 aromatic carbocycles. The molecule has 0 aromatic heterocycles. The third kappa shape index (κ3) is 5.18. The number of nitrogens with two attached hydrogens (primary N) is 1.